The van der Waals surface area contributed by atoms with Gasteiger partial charge in [0.15, 0.2) is 0 Å². The van der Waals surface area contributed by atoms with E-state index in [4.69, 9.17) is 4.74 Å². The molecule has 0 radical (unpaired) electrons. The Kier molecular flexibility index (Phi) is 5.09. The van der Waals surface area contributed by atoms with Crippen LogP contribution in [0.25, 0.3) is 5.76 Å². The van der Waals surface area contributed by atoms with E-state index in [-0.39, 0.29) is 11.3 Å². The van der Waals surface area contributed by atoms with Crippen molar-refractivity contribution in [2.45, 2.75) is 13.0 Å². The number of rotatable bonds is 3. The first kappa shape index (κ1) is 20.8. The van der Waals surface area contributed by atoms with Gasteiger partial charge in [0.2, 0.25) is 0 Å². The van der Waals surface area contributed by atoms with Crippen molar-refractivity contribution in [3.05, 3.63) is 89.3 Å². The number of carbonyl (C=O) groups is 2. The molecule has 166 valence electrons. The van der Waals surface area contributed by atoms with Crippen LogP contribution in [-0.4, -0.2) is 42.0 Å². The summed E-state index contributed by atoms with van der Waals surface area (Å²) in [4.78, 5) is 34.1. The van der Waals surface area contributed by atoms with Crippen LogP contribution >= 0.6 is 0 Å². The van der Waals surface area contributed by atoms with Gasteiger partial charge in [0, 0.05) is 30.7 Å². The van der Waals surface area contributed by atoms with E-state index in [2.05, 4.69) is 4.98 Å². The van der Waals surface area contributed by atoms with Gasteiger partial charge in [-0.15, -0.1) is 0 Å². The molecule has 33 heavy (non-hydrogen) atoms. The maximum atomic E-state index is 13.3. The number of fused-ring (bicyclic) bond motifs is 1. The summed E-state index contributed by atoms with van der Waals surface area (Å²) >= 11 is 0. The van der Waals surface area contributed by atoms with Crippen LogP contribution in [0.1, 0.15) is 22.7 Å². The van der Waals surface area contributed by atoms with Crippen molar-refractivity contribution in [2.24, 2.45) is 0 Å². The number of Topliss-reactive ketones (excluding diaryl/α,β-unsaturated/α-hetero) is 1. The van der Waals surface area contributed by atoms with Gasteiger partial charge < -0.3 is 14.7 Å². The Morgan fingerprint density at radius 1 is 1.12 bits per heavy atom. The highest BCUT2D eigenvalue weighted by Crippen LogP contribution is 2.43. The Bertz CT molecular complexity index is 1290. The number of hydrogen-bond donors (Lipinski definition) is 1. The highest BCUT2D eigenvalue weighted by molar-refractivity contribution is 6.51. The molecule has 1 fully saturated rings. The lowest BCUT2D eigenvalue weighted by Gasteiger charge is -2.28. The molecule has 1 saturated heterocycles. The highest BCUT2D eigenvalue weighted by Gasteiger charge is 2.47. The lowest BCUT2D eigenvalue weighted by Crippen LogP contribution is -2.29. The van der Waals surface area contributed by atoms with E-state index < -0.39 is 17.7 Å². The molecule has 1 aromatic heterocycles. The number of benzene rings is 2. The smallest absolute Gasteiger partial charge is 0.300 e. The van der Waals surface area contributed by atoms with Crippen molar-refractivity contribution < 1.29 is 19.4 Å². The predicted molar refractivity (Wildman–Crippen MR) is 125 cm³/mol. The molecule has 1 atom stereocenters. The Balaban J connectivity index is 1.70. The lowest BCUT2D eigenvalue weighted by molar-refractivity contribution is -0.132. The number of pyridine rings is 1. The van der Waals surface area contributed by atoms with Gasteiger partial charge in [-0.05, 0) is 54.4 Å². The molecule has 2 aliphatic heterocycles. The van der Waals surface area contributed by atoms with Crippen LogP contribution in [0.15, 0.2) is 72.6 Å². The normalized spacial score (nSPS) is 19.4. The predicted octanol–water partition coefficient (Wildman–Crippen LogP) is 3.84. The number of anilines is 2. The van der Waals surface area contributed by atoms with Crippen LogP contribution in [-0.2, 0) is 9.59 Å². The molecule has 0 aliphatic carbocycles. The fourth-order valence-corrected chi connectivity index (χ4v) is 4.38. The topological polar surface area (TPSA) is 83.0 Å². The molecule has 3 heterocycles. The highest BCUT2D eigenvalue weighted by atomic mass is 16.5. The molecule has 1 amide bonds. The zero-order chi connectivity index (χ0) is 23.1. The van der Waals surface area contributed by atoms with Gasteiger partial charge in [0.1, 0.15) is 18.1 Å². The Morgan fingerprint density at radius 2 is 1.97 bits per heavy atom. The van der Waals surface area contributed by atoms with Gasteiger partial charge in [0.25, 0.3) is 11.7 Å². The van der Waals surface area contributed by atoms with Crippen molar-refractivity contribution in [3.63, 3.8) is 0 Å². The quantitative estimate of drug-likeness (QED) is 0.378. The SMILES string of the molecule is Cc1cccc(N2C(=O)C(=O)/C(=C(\O)c3ccc4c(c3)N(C)CCO4)C2c2cccnc2)c1. The minimum absolute atomic E-state index is 0.0360. The molecule has 0 saturated carbocycles. The summed E-state index contributed by atoms with van der Waals surface area (Å²) in [7, 11) is 1.94. The largest absolute Gasteiger partial charge is 0.507 e. The first-order chi connectivity index (χ1) is 16.0. The Labute approximate surface area is 191 Å². The first-order valence-corrected chi connectivity index (χ1v) is 10.7. The third-order valence-corrected chi connectivity index (χ3v) is 6.05. The van der Waals surface area contributed by atoms with Crippen molar-refractivity contribution in [1.29, 1.82) is 0 Å². The molecule has 7 nitrogen and oxygen atoms in total. The zero-order valence-electron chi connectivity index (χ0n) is 18.4. The van der Waals surface area contributed by atoms with Gasteiger partial charge in [-0.1, -0.05) is 18.2 Å². The first-order valence-electron chi connectivity index (χ1n) is 10.7. The van der Waals surface area contributed by atoms with Crippen molar-refractivity contribution in [2.75, 3.05) is 30.0 Å². The van der Waals surface area contributed by atoms with E-state index in [9.17, 15) is 14.7 Å². The molecule has 1 N–H and O–H groups in total. The Hall–Kier alpha value is -4.13. The summed E-state index contributed by atoms with van der Waals surface area (Å²) in [6.07, 6.45) is 3.24. The van der Waals surface area contributed by atoms with Gasteiger partial charge >= 0.3 is 0 Å². The second-order valence-corrected chi connectivity index (χ2v) is 8.25. The molecule has 3 aromatic rings. The number of aliphatic hydroxyl groups excluding tert-OH is 1. The molecule has 1 unspecified atom stereocenters. The van der Waals surface area contributed by atoms with Gasteiger partial charge in [0.05, 0.1) is 23.8 Å². The maximum Gasteiger partial charge on any atom is 0.300 e. The number of aryl methyl sites for hydroxylation is 1. The summed E-state index contributed by atoms with van der Waals surface area (Å²) in [5.74, 6) is -0.928. The summed E-state index contributed by atoms with van der Waals surface area (Å²) in [6.45, 7) is 3.22. The molecule has 0 spiro atoms. The van der Waals surface area contributed by atoms with Crippen molar-refractivity contribution >= 4 is 28.8 Å². The fraction of sp³-hybridized carbons (Fsp3) is 0.192. The third-order valence-electron chi connectivity index (χ3n) is 6.05. The Morgan fingerprint density at radius 3 is 2.73 bits per heavy atom. The number of nitrogens with zero attached hydrogens (tertiary/aromatic N) is 3. The van der Waals surface area contributed by atoms with Crippen molar-refractivity contribution in [1.82, 2.24) is 4.98 Å². The average molecular weight is 441 g/mol. The number of ketones is 1. The average Bonchev–Trinajstić information content (AvgIpc) is 3.10. The van der Waals surface area contributed by atoms with E-state index in [0.717, 1.165) is 11.3 Å². The number of likely N-dealkylation sites (N-methyl/N-ethyl adjacent to an activating group) is 1. The van der Waals surface area contributed by atoms with Crippen LogP contribution in [0.3, 0.4) is 0 Å². The molecule has 0 bridgehead atoms. The summed E-state index contributed by atoms with van der Waals surface area (Å²) < 4.78 is 5.69. The van der Waals surface area contributed by atoms with E-state index in [1.165, 1.54) is 4.90 Å². The number of amides is 1. The molecular weight excluding hydrogens is 418 g/mol. The van der Waals surface area contributed by atoms with E-state index >= 15 is 0 Å². The minimum Gasteiger partial charge on any atom is -0.507 e. The van der Waals surface area contributed by atoms with E-state index in [0.29, 0.717) is 35.7 Å². The lowest BCUT2D eigenvalue weighted by atomic mass is 9.95. The number of ether oxygens (including phenoxy) is 1. The molecule has 5 rings (SSSR count). The summed E-state index contributed by atoms with van der Waals surface area (Å²) in [5.41, 5.74) is 3.48. The summed E-state index contributed by atoms with van der Waals surface area (Å²) in [5, 5.41) is 11.3. The maximum absolute atomic E-state index is 13.3. The number of hydrogen-bond acceptors (Lipinski definition) is 6. The van der Waals surface area contributed by atoms with Crippen LogP contribution in [0.2, 0.25) is 0 Å². The van der Waals surface area contributed by atoms with E-state index in [1.54, 1.807) is 48.8 Å². The second kappa shape index (κ2) is 8.09. The second-order valence-electron chi connectivity index (χ2n) is 8.25. The number of aliphatic hydroxyl groups is 1. The standard InChI is InChI=1S/C26H23N3O4/c1-16-5-3-7-19(13-16)29-23(18-6-4-10-27-15-18)22(25(31)26(29)32)24(30)17-8-9-21-20(14-17)28(2)11-12-33-21/h3-10,13-15,23,30H,11-12H2,1-2H3/b24-22-. The molecule has 2 aliphatic rings. The van der Waals surface area contributed by atoms with Crippen LogP contribution in [0.5, 0.6) is 5.75 Å². The van der Waals surface area contributed by atoms with Crippen molar-refractivity contribution in [3.8, 4) is 5.75 Å². The molecule has 2 aromatic carbocycles. The van der Waals surface area contributed by atoms with Gasteiger partial charge in [-0.25, -0.2) is 0 Å². The fourth-order valence-electron chi connectivity index (χ4n) is 4.38. The van der Waals surface area contributed by atoms with Crippen LogP contribution in [0.4, 0.5) is 11.4 Å². The third kappa shape index (κ3) is 3.51. The summed E-state index contributed by atoms with van der Waals surface area (Å²) in [6, 6.07) is 15.4. The minimum atomic E-state index is -0.800. The number of carbonyl (C=O) groups excluding carboxylic acids is 2. The molecule has 7 heteroatoms. The number of aromatic nitrogens is 1. The van der Waals surface area contributed by atoms with Gasteiger partial charge in [-0.3, -0.25) is 19.5 Å². The molecular formula is C26H23N3O4. The van der Waals surface area contributed by atoms with Crippen LogP contribution < -0.4 is 14.5 Å². The zero-order valence-corrected chi connectivity index (χ0v) is 18.4. The van der Waals surface area contributed by atoms with Gasteiger partial charge in [-0.2, -0.15) is 0 Å². The monoisotopic (exact) mass is 441 g/mol. The van der Waals surface area contributed by atoms with E-state index in [1.807, 2.05) is 37.1 Å². The van der Waals surface area contributed by atoms with Crippen LogP contribution in [0, 0.1) is 6.92 Å².